The fourth-order valence-corrected chi connectivity index (χ4v) is 3.51. The number of benzene rings is 2. The van der Waals surface area contributed by atoms with Crippen molar-refractivity contribution in [2.24, 2.45) is 0 Å². The number of ketones is 1. The first-order chi connectivity index (χ1) is 14.7. The molecule has 2 aromatic carbocycles. The molecule has 0 bridgehead atoms. The van der Waals surface area contributed by atoms with E-state index in [0.717, 1.165) is 0 Å². The summed E-state index contributed by atoms with van der Waals surface area (Å²) < 4.78 is 19.0. The van der Waals surface area contributed by atoms with E-state index in [9.17, 15) is 19.1 Å². The van der Waals surface area contributed by atoms with Crippen LogP contribution in [0.2, 0.25) is 0 Å². The third kappa shape index (κ3) is 3.63. The van der Waals surface area contributed by atoms with Crippen molar-refractivity contribution in [1.29, 1.82) is 0 Å². The maximum Gasteiger partial charge on any atom is 0.301 e. The van der Waals surface area contributed by atoms with E-state index in [1.165, 1.54) is 29.2 Å². The standard InChI is InChI=1S/C24H21FN2O4/c1-24(2,3)17-13-18(26-31-17)27-20(14-9-11-16(25)12-10-14)19(22(29)23(27)30)21(28)15-7-5-4-6-8-15/h4-13,20,28H,1-3H3. The summed E-state index contributed by atoms with van der Waals surface area (Å²) in [6.45, 7) is 5.79. The molecule has 1 amide bonds. The number of amides is 1. The van der Waals surface area contributed by atoms with Gasteiger partial charge in [0.05, 0.1) is 11.6 Å². The highest BCUT2D eigenvalue weighted by molar-refractivity contribution is 6.51. The summed E-state index contributed by atoms with van der Waals surface area (Å²) in [7, 11) is 0. The Bertz CT molecular complexity index is 1170. The van der Waals surface area contributed by atoms with Gasteiger partial charge in [-0.1, -0.05) is 68.4 Å². The smallest absolute Gasteiger partial charge is 0.301 e. The van der Waals surface area contributed by atoms with E-state index in [2.05, 4.69) is 5.16 Å². The van der Waals surface area contributed by atoms with Crippen molar-refractivity contribution in [3.05, 3.63) is 88.9 Å². The van der Waals surface area contributed by atoms with E-state index in [-0.39, 0.29) is 22.6 Å². The van der Waals surface area contributed by atoms with Crippen molar-refractivity contribution in [3.63, 3.8) is 0 Å². The maximum atomic E-state index is 13.6. The van der Waals surface area contributed by atoms with Gasteiger partial charge in [-0.05, 0) is 17.7 Å². The number of nitrogens with zero attached hydrogens (tertiary/aromatic N) is 2. The lowest BCUT2D eigenvalue weighted by Crippen LogP contribution is -2.29. The van der Waals surface area contributed by atoms with Crippen molar-refractivity contribution < 1.29 is 23.6 Å². The quantitative estimate of drug-likeness (QED) is 0.376. The molecule has 1 unspecified atom stereocenters. The molecule has 0 aliphatic carbocycles. The Kier molecular flexibility index (Phi) is 4.97. The highest BCUT2D eigenvalue weighted by Gasteiger charge is 2.48. The zero-order valence-electron chi connectivity index (χ0n) is 17.3. The van der Waals surface area contributed by atoms with Crippen molar-refractivity contribution in [1.82, 2.24) is 5.16 Å². The van der Waals surface area contributed by atoms with Crippen LogP contribution in [0.25, 0.3) is 5.76 Å². The molecule has 4 rings (SSSR count). The lowest BCUT2D eigenvalue weighted by atomic mass is 9.93. The van der Waals surface area contributed by atoms with Crippen LogP contribution in [-0.2, 0) is 15.0 Å². The molecule has 1 saturated heterocycles. The molecule has 1 atom stereocenters. The molecule has 1 aliphatic heterocycles. The molecule has 1 N–H and O–H groups in total. The van der Waals surface area contributed by atoms with Crippen molar-refractivity contribution in [3.8, 4) is 0 Å². The highest BCUT2D eigenvalue weighted by atomic mass is 19.1. The molecule has 1 aromatic heterocycles. The molecule has 0 spiro atoms. The van der Waals surface area contributed by atoms with Crippen molar-refractivity contribution >= 4 is 23.3 Å². The minimum atomic E-state index is -0.987. The molecule has 3 aromatic rings. The van der Waals surface area contributed by atoms with E-state index in [1.54, 1.807) is 36.4 Å². The van der Waals surface area contributed by atoms with Gasteiger partial charge < -0.3 is 9.63 Å². The summed E-state index contributed by atoms with van der Waals surface area (Å²) in [5, 5.41) is 15.0. The summed E-state index contributed by atoms with van der Waals surface area (Å²) in [5.74, 6) is -1.79. The topological polar surface area (TPSA) is 83.6 Å². The number of aliphatic hydroxyl groups is 1. The van der Waals surface area contributed by atoms with Crippen LogP contribution in [0.3, 0.4) is 0 Å². The summed E-state index contributed by atoms with van der Waals surface area (Å²) in [6, 6.07) is 14.5. The summed E-state index contributed by atoms with van der Waals surface area (Å²) in [5.41, 5.74) is 0.387. The Balaban J connectivity index is 1.92. The molecular weight excluding hydrogens is 399 g/mol. The molecule has 0 saturated carbocycles. The molecule has 7 heteroatoms. The zero-order valence-corrected chi connectivity index (χ0v) is 17.3. The van der Waals surface area contributed by atoms with Gasteiger partial charge in [0, 0.05) is 17.0 Å². The highest BCUT2D eigenvalue weighted by Crippen LogP contribution is 2.42. The minimum Gasteiger partial charge on any atom is -0.507 e. The fourth-order valence-electron chi connectivity index (χ4n) is 3.51. The van der Waals surface area contributed by atoms with E-state index in [0.29, 0.717) is 16.9 Å². The van der Waals surface area contributed by atoms with Crippen LogP contribution in [0.1, 0.15) is 43.7 Å². The minimum absolute atomic E-state index is 0.0943. The molecule has 6 nitrogen and oxygen atoms in total. The van der Waals surface area contributed by atoms with Gasteiger partial charge in [0.15, 0.2) is 5.82 Å². The predicted molar refractivity (Wildman–Crippen MR) is 113 cm³/mol. The lowest BCUT2D eigenvalue weighted by molar-refractivity contribution is -0.132. The predicted octanol–water partition coefficient (Wildman–Crippen LogP) is 4.74. The Morgan fingerprint density at radius 3 is 2.29 bits per heavy atom. The van der Waals surface area contributed by atoms with Crippen molar-refractivity contribution in [2.45, 2.75) is 32.2 Å². The Morgan fingerprint density at radius 1 is 1.06 bits per heavy atom. The molecule has 31 heavy (non-hydrogen) atoms. The second-order valence-corrected chi connectivity index (χ2v) is 8.39. The Morgan fingerprint density at radius 2 is 1.71 bits per heavy atom. The number of hydrogen-bond acceptors (Lipinski definition) is 5. The summed E-state index contributed by atoms with van der Waals surface area (Å²) in [4.78, 5) is 27.2. The van der Waals surface area contributed by atoms with E-state index < -0.39 is 23.5 Å². The number of aromatic nitrogens is 1. The summed E-state index contributed by atoms with van der Waals surface area (Å²) >= 11 is 0. The second kappa shape index (κ2) is 7.50. The Hall–Kier alpha value is -3.74. The number of anilines is 1. The third-order valence-electron chi connectivity index (χ3n) is 5.16. The molecule has 1 fully saturated rings. The van der Waals surface area contributed by atoms with Gasteiger partial charge in [-0.25, -0.2) is 4.39 Å². The molecule has 0 radical (unpaired) electrons. The van der Waals surface area contributed by atoms with Gasteiger partial charge in [0.1, 0.15) is 17.3 Å². The van der Waals surface area contributed by atoms with Gasteiger partial charge >= 0.3 is 5.91 Å². The third-order valence-corrected chi connectivity index (χ3v) is 5.16. The first-order valence-electron chi connectivity index (χ1n) is 9.77. The summed E-state index contributed by atoms with van der Waals surface area (Å²) in [6.07, 6.45) is 0. The first kappa shape index (κ1) is 20.5. The largest absolute Gasteiger partial charge is 0.507 e. The molecule has 1 aliphatic rings. The zero-order chi connectivity index (χ0) is 22.3. The van der Waals surface area contributed by atoms with Gasteiger partial charge in [0.2, 0.25) is 0 Å². The lowest BCUT2D eigenvalue weighted by Gasteiger charge is -2.23. The maximum absolute atomic E-state index is 13.6. The van der Waals surface area contributed by atoms with Crippen LogP contribution in [0.15, 0.2) is 70.8 Å². The average Bonchev–Trinajstić information content (AvgIpc) is 3.33. The number of halogens is 1. The molecule has 158 valence electrons. The van der Waals surface area contributed by atoms with Crippen LogP contribution in [0.4, 0.5) is 10.2 Å². The van der Waals surface area contributed by atoms with E-state index >= 15 is 0 Å². The molecule has 2 heterocycles. The van der Waals surface area contributed by atoms with Crippen LogP contribution >= 0.6 is 0 Å². The number of rotatable bonds is 3. The SMILES string of the molecule is CC(C)(C)c1cc(N2C(=O)C(=O)C(=C(O)c3ccccc3)C2c2ccc(F)cc2)no1. The van der Waals surface area contributed by atoms with Crippen LogP contribution in [0, 0.1) is 5.82 Å². The number of aliphatic hydroxyl groups excluding tert-OH is 1. The number of hydrogen-bond donors (Lipinski definition) is 1. The van der Waals surface area contributed by atoms with Gasteiger partial charge in [-0.2, -0.15) is 0 Å². The molecular formula is C24H21FN2O4. The van der Waals surface area contributed by atoms with Gasteiger partial charge in [-0.15, -0.1) is 0 Å². The van der Waals surface area contributed by atoms with E-state index in [1.807, 2.05) is 20.8 Å². The monoisotopic (exact) mass is 420 g/mol. The number of carbonyl (C=O) groups excluding carboxylic acids is 2. The van der Waals surface area contributed by atoms with Gasteiger partial charge in [-0.3, -0.25) is 14.5 Å². The average molecular weight is 420 g/mol. The van der Waals surface area contributed by atoms with Gasteiger partial charge in [0.25, 0.3) is 5.78 Å². The normalized spacial score (nSPS) is 18.6. The Labute approximate surface area is 178 Å². The first-order valence-corrected chi connectivity index (χ1v) is 9.77. The van der Waals surface area contributed by atoms with Crippen LogP contribution < -0.4 is 4.90 Å². The number of carbonyl (C=O) groups is 2. The van der Waals surface area contributed by atoms with Crippen molar-refractivity contribution in [2.75, 3.05) is 4.90 Å². The second-order valence-electron chi connectivity index (χ2n) is 8.39. The van der Waals surface area contributed by atoms with Crippen LogP contribution in [-0.4, -0.2) is 22.0 Å². The van der Waals surface area contributed by atoms with E-state index in [4.69, 9.17) is 4.52 Å². The number of Topliss-reactive ketones (excluding diaryl/α,β-unsaturated/α-hetero) is 1. The van der Waals surface area contributed by atoms with Crippen LogP contribution in [0.5, 0.6) is 0 Å². The fraction of sp³-hybridized carbons (Fsp3) is 0.208.